The van der Waals surface area contributed by atoms with E-state index in [0.717, 1.165) is 25.9 Å². The normalized spacial score (nSPS) is 28.2. The van der Waals surface area contributed by atoms with Gasteiger partial charge >= 0.3 is 0 Å². The van der Waals surface area contributed by atoms with Crippen molar-refractivity contribution in [1.29, 1.82) is 0 Å². The van der Waals surface area contributed by atoms with Crippen molar-refractivity contribution in [3.05, 3.63) is 0 Å². The predicted molar refractivity (Wildman–Crippen MR) is 53.9 cm³/mol. The molecule has 1 heterocycles. The van der Waals surface area contributed by atoms with Gasteiger partial charge in [0.1, 0.15) is 0 Å². The number of carbonyl (C=O) groups excluding carboxylic acids is 1. The minimum absolute atomic E-state index is 0.242. The van der Waals surface area contributed by atoms with Gasteiger partial charge in [0.2, 0.25) is 5.91 Å². The third kappa shape index (κ3) is 2.08. The highest BCUT2D eigenvalue weighted by Gasteiger charge is 2.35. The fourth-order valence-electron chi connectivity index (χ4n) is 1.87. The van der Waals surface area contributed by atoms with Crippen LogP contribution in [-0.2, 0) is 9.53 Å². The van der Waals surface area contributed by atoms with E-state index in [1.165, 1.54) is 0 Å². The summed E-state index contributed by atoms with van der Waals surface area (Å²) in [6.07, 6.45) is 2.44. The zero-order valence-corrected chi connectivity index (χ0v) is 9.03. The summed E-state index contributed by atoms with van der Waals surface area (Å²) in [7, 11) is 0. The number of rotatable bonds is 2. The van der Waals surface area contributed by atoms with Crippen LogP contribution in [0.25, 0.3) is 0 Å². The first-order valence-electron chi connectivity index (χ1n) is 5.59. The second kappa shape index (κ2) is 3.89. The molecule has 3 nitrogen and oxygen atoms in total. The number of hydrogen-bond donors (Lipinski definition) is 0. The highest BCUT2D eigenvalue weighted by Crippen LogP contribution is 2.31. The molecule has 1 aliphatic carbocycles. The second-order valence-corrected chi connectivity index (χ2v) is 4.71. The summed E-state index contributed by atoms with van der Waals surface area (Å²) < 4.78 is 5.63. The first kappa shape index (κ1) is 9.97. The van der Waals surface area contributed by atoms with Crippen LogP contribution >= 0.6 is 0 Å². The van der Waals surface area contributed by atoms with Gasteiger partial charge in [-0.25, -0.2) is 0 Å². The molecule has 0 aromatic carbocycles. The Balaban J connectivity index is 1.89. The van der Waals surface area contributed by atoms with Crippen LogP contribution in [0.1, 0.15) is 26.7 Å². The van der Waals surface area contributed by atoms with E-state index < -0.39 is 0 Å². The Morgan fingerprint density at radius 1 is 1.43 bits per heavy atom. The SMILES string of the molecule is CC(C)C1CN(C(=O)C2CC2)CCO1. The van der Waals surface area contributed by atoms with Gasteiger partial charge in [-0.05, 0) is 18.8 Å². The summed E-state index contributed by atoms with van der Waals surface area (Å²) in [5.41, 5.74) is 0. The number of ether oxygens (including phenoxy) is 1. The lowest BCUT2D eigenvalue weighted by atomic mass is 10.1. The molecule has 1 aliphatic heterocycles. The summed E-state index contributed by atoms with van der Waals surface area (Å²) in [6.45, 7) is 6.60. The summed E-state index contributed by atoms with van der Waals surface area (Å²) in [5.74, 6) is 1.21. The molecule has 1 unspecified atom stereocenters. The monoisotopic (exact) mass is 197 g/mol. The van der Waals surface area contributed by atoms with Crippen LogP contribution in [0, 0.1) is 11.8 Å². The first-order valence-corrected chi connectivity index (χ1v) is 5.59. The van der Waals surface area contributed by atoms with Crippen molar-refractivity contribution in [2.24, 2.45) is 11.8 Å². The lowest BCUT2D eigenvalue weighted by molar-refractivity contribution is -0.141. The highest BCUT2D eigenvalue weighted by molar-refractivity contribution is 5.81. The second-order valence-electron chi connectivity index (χ2n) is 4.71. The van der Waals surface area contributed by atoms with E-state index in [-0.39, 0.29) is 6.10 Å². The Morgan fingerprint density at radius 2 is 2.14 bits per heavy atom. The Labute approximate surface area is 85.4 Å². The molecule has 0 N–H and O–H groups in total. The molecule has 0 aromatic heterocycles. The quantitative estimate of drug-likeness (QED) is 0.667. The average molecular weight is 197 g/mol. The van der Waals surface area contributed by atoms with Crippen molar-refractivity contribution in [2.45, 2.75) is 32.8 Å². The van der Waals surface area contributed by atoms with Crippen LogP contribution < -0.4 is 0 Å². The third-order valence-corrected chi connectivity index (χ3v) is 3.08. The summed E-state index contributed by atoms with van der Waals surface area (Å²) in [6, 6.07) is 0. The van der Waals surface area contributed by atoms with Crippen molar-refractivity contribution < 1.29 is 9.53 Å². The molecular weight excluding hydrogens is 178 g/mol. The maximum Gasteiger partial charge on any atom is 0.225 e. The molecule has 1 saturated heterocycles. The molecule has 0 radical (unpaired) electrons. The lowest BCUT2D eigenvalue weighted by Gasteiger charge is -2.35. The summed E-state index contributed by atoms with van der Waals surface area (Å²) >= 11 is 0. The van der Waals surface area contributed by atoms with Crippen LogP contribution in [0.4, 0.5) is 0 Å². The van der Waals surface area contributed by atoms with Crippen molar-refractivity contribution in [1.82, 2.24) is 4.90 Å². The van der Waals surface area contributed by atoms with E-state index in [9.17, 15) is 4.79 Å². The molecule has 1 saturated carbocycles. The van der Waals surface area contributed by atoms with Crippen LogP contribution in [0.5, 0.6) is 0 Å². The van der Waals surface area contributed by atoms with Gasteiger partial charge in [0.25, 0.3) is 0 Å². The lowest BCUT2D eigenvalue weighted by Crippen LogP contribution is -2.47. The topological polar surface area (TPSA) is 29.5 Å². The van der Waals surface area contributed by atoms with E-state index >= 15 is 0 Å². The Kier molecular flexibility index (Phi) is 2.77. The van der Waals surface area contributed by atoms with Gasteiger partial charge in [-0.1, -0.05) is 13.8 Å². The number of carbonyl (C=O) groups is 1. The van der Waals surface area contributed by atoms with Gasteiger partial charge in [-0.2, -0.15) is 0 Å². The smallest absolute Gasteiger partial charge is 0.225 e. The molecule has 1 atom stereocenters. The van der Waals surface area contributed by atoms with E-state index in [4.69, 9.17) is 4.74 Å². The standard InChI is InChI=1S/C11H19NO2/c1-8(2)10-7-12(5-6-14-10)11(13)9-3-4-9/h8-10H,3-7H2,1-2H3. The molecule has 80 valence electrons. The zero-order valence-electron chi connectivity index (χ0n) is 9.03. The van der Waals surface area contributed by atoms with Crippen LogP contribution in [-0.4, -0.2) is 36.6 Å². The molecule has 0 bridgehead atoms. The minimum atomic E-state index is 0.242. The Hall–Kier alpha value is -0.570. The largest absolute Gasteiger partial charge is 0.374 e. The van der Waals surface area contributed by atoms with Gasteiger partial charge in [-0.15, -0.1) is 0 Å². The van der Waals surface area contributed by atoms with Crippen molar-refractivity contribution in [3.8, 4) is 0 Å². The average Bonchev–Trinajstić information content (AvgIpc) is 3.00. The van der Waals surface area contributed by atoms with Gasteiger partial charge in [-0.3, -0.25) is 4.79 Å². The predicted octanol–water partition coefficient (Wildman–Crippen LogP) is 1.28. The number of morpholine rings is 1. The van der Waals surface area contributed by atoms with Crippen molar-refractivity contribution in [3.63, 3.8) is 0 Å². The van der Waals surface area contributed by atoms with E-state index in [1.54, 1.807) is 0 Å². The molecule has 2 aliphatic rings. The maximum atomic E-state index is 11.8. The molecule has 1 amide bonds. The molecule has 3 heteroatoms. The molecule has 2 fully saturated rings. The number of nitrogens with zero attached hydrogens (tertiary/aromatic N) is 1. The summed E-state index contributed by atoms with van der Waals surface area (Å²) in [5, 5.41) is 0. The molecule has 14 heavy (non-hydrogen) atoms. The highest BCUT2D eigenvalue weighted by atomic mass is 16.5. The van der Waals surface area contributed by atoms with Gasteiger partial charge in [0.05, 0.1) is 12.7 Å². The van der Waals surface area contributed by atoms with Crippen LogP contribution in [0.3, 0.4) is 0 Å². The Bertz CT molecular complexity index is 223. The van der Waals surface area contributed by atoms with Crippen LogP contribution in [0.15, 0.2) is 0 Å². The fraction of sp³-hybridized carbons (Fsp3) is 0.909. The maximum absolute atomic E-state index is 11.8. The van der Waals surface area contributed by atoms with Crippen molar-refractivity contribution in [2.75, 3.05) is 19.7 Å². The van der Waals surface area contributed by atoms with Gasteiger partial charge in [0.15, 0.2) is 0 Å². The Morgan fingerprint density at radius 3 is 2.71 bits per heavy atom. The van der Waals surface area contributed by atoms with Crippen molar-refractivity contribution >= 4 is 5.91 Å². The molecular formula is C11H19NO2. The number of hydrogen-bond acceptors (Lipinski definition) is 2. The van der Waals surface area contributed by atoms with E-state index in [2.05, 4.69) is 13.8 Å². The first-order chi connectivity index (χ1) is 6.68. The molecule has 0 aromatic rings. The number of amides is 1. The fourth-order valence-corrected chi connectivity index (χ4v) is 1.87. The summed E-state index contributed by atoms with van der Waals surface area (Å²) in [4.78, 5) is 13.8. The van der Waals surface area contributed by atoms with Gasteiger partial charge < -0.3 is 9.64 Å². The molecule has 0 spiro atoms. The molecule has 2 rings (SSSR count). The van der Waals surface area contributed by atoms with Crippen LogP contribution in [0.2, 0.25) is 0 Å². The van der Waals surface area contributed by atoms with E-state index in [1.807, 2.05) is 4.90 Å². The van der Waals surface area contributed by atoms with E-state index in [0.29, 0.717) is 24.3 Å². The van der Waals surface area contributed by atoms with Gasteiger partial charge in [0, 0.05) is 19.0 Å². The zero-order chi connectivity index (χ0) is 10.1. The third-order valence-electron chi connectivity index (χ3n) is 3.08. The minimum Gasteiger partial charge on any atom is -0.374 e.